The van der Waals surface area contributed by atoms with Crippen molar-refractivity contribution in [3.8, 4) is 0 Å². The Morgan fingerprint density at radius 2 is 1.90 bits per heavy atom. The number of likely N-dealkylation sites (tertiary alicyclic amines) is 1. The van der Waals surface area contributed by atoms with Crippen molar-refractivity contribution < 1.29 is 4.79 Å². The van der Waals surface area contributed by atoms with Gasteiger partial charge in [0.2, 0.25) is 5.91 Å². The molecule has 20 heavy (non-hydrogen) atoms. The average Bonchev–Trinajstić information content (AvgIpc) is 2.93. The number of carbonyl (C=O) groups is 1. The summed E-state index contributed by atoms with van der Waals surface area (Å²) in [7, 11) is 0. The van der Waals surface area contributed by atoms with Crippen molar-refractivity contribution in [2.75, 3.05) is 32.7 Å². The Bertz CT molecular complexity index is 264. The maximum absolute atomic E-state index is 11.9. The molecule has 0 saturated carbocycles. The van der Waals surface area contributed by atoms with Crippen LogP contribution >= 0.6 is 0 Å². The van der Waals surface area contributed by atoms with E-state index in [1.54, 1.807) is 0 Å². The zero-order chi connectivity index (χ0) is 14.8. The van der Waals surface area contributed by atoms with Crippen molar-refractivity contribution in [2.45, 2.75) is 58.9 Å². The summed E-state index contributed by atoms with van der Waals surface area (Å²) in [4.78, 5) is 14.4. The van der Waals surface area contributed by atoms with Gasteiger partial charge in [-0.25, -0.2) is 0 Å². The summed E-state index contributed by atoms with van der Waals surface area (Å²) in [6, 6.07) is -0.0855. The average molecular weight is 283 g/mol. The third-order valence-corrected chi connectivity index (χ3v) is 4.01. The standard InChI is InChI=1S/C16H33N3O/c1-4-5-6-9-17-16(20)15(3)18-12-14(2)13-19-10-7-8-11-19/h14-15,18H,4-13H2,1-3H3,(H,17,20). The normalized spacial score (nSPS) is 18.9. The lowest BCUT2D eigenvalue weighted by molar-refractivity contribution is -0.122. The Morgan fingerprint density at radius 3 is 2.55 bits per heavy atom. The van der Waals surface area contributed by atoms with Gasteiger partial charge >= 0.3 is 0 Å². The SMILES string of the molecule is CCCCCNC(=O)C(C)NCC(C)CN1CCCC1. The van der Waals surface area contributed by atoms with Crippen LogP contribution in [0.15, 0.2) is 0 Å². The van der Waals surface area contributed by atoms with Crippen LogP contribution in [0.3, 0.4) is 0 Å². The molecule has 0 spiro atoms. The predicted molar refractivity (Wildman–Crippen MR) is 84.8 cm³/mol. The van der Waals surface area contributed by atoms with Gasteiger partial charge < -0.3 is 15.5 Å². The fourth-order valence-corrected chi connectivity index (χ4v) is 2.68. The predicted octanol–water partition coefficient (Wildman–Crippen LogP) is 2.00. The highest BCUT2D eigenvalue weighted by Gasteiger charge is 2.16. The first-order valence-corrected chi connectivity index (χ1v) is 8.37. The van der Waals surface area contributed by atoms with E-state index in [4.69, 9.17) is 0 Å². The Hall–Kier alpha value is -0.610. The van der Waals surface area contributed by atoms with Gasteiger partial charge in [-0.2, -0.15) is 0 Å². The molecule has 0 aromatic carbocycles. The van der Waals surface area contributed by atoms with E-state index in [0.717, 1.165) is 26.1 Å². The second-order valence-electron chi connectivity index (χ2n) is 6.24. The first-order valence-electron chi connectivity index (χ1n) is 8.37. The molecule has 2 unspecified atom stereocenters. The van der Waals surface area contributed by atoms with E-state index in [1.807, 2.05) is 6.92 Å². The molecule has 4 nitrogen and oxygen atoms in total. The molecule has 1 heterocycles. The maximum Gasteiger partial charge on any atom is 0.236 e. The van der Waals surface area contributed by atoms with Crippen LogP contribution in [0.4, 0.5) is 0 Å². The van der Waals surface area contributed by atoms with Gasteiger partial charge in [-0.3, -0.25) is 4.79 Å². The molecule has 1 amide bonds. The van der Waals surface area contributed by atoms with Crippen LogP contribution in [-0.2, 0) is 4.79 Å². The number of rotatable bonds is 10. The fourth-order valence-electron chi connectivity index (χ4n) is 2.68. The summed E-state index contributed by atoms with van der Waals surface area (Å²) in [5.41, 5.74) is 0. The van der Waals surface area contributed by atoms with Crippen LogP contribution in [0.5, 0.6) is 0 Å². The topological polar surface area (TPSA) is 44.4 Å². The van der Waals surface area contributed by atoms with Crippen LogP contribution in [0, 0.1) is 5.92 Å². The molecular weight excluding hydrogens is 250 g/mol. The zero-order valence-corrected chi connectivity index (χ0v) is 13.6. The van der Waals surface area contributed by atoms with Crippen molar-refractivity contribution >= 4 is 5.91 Å². The van der Waals surface area contributed by atoms with Crippen molar-refractivity contribution in [3.63, 3.8) is 0 Å². The number of nitrogens with zero attached hydrogens (tertiary/aromatic N) is 1. The van der Waals surface area contributed by atoms with Gasteiger partial charge in [0.05, 0.1) is 6.04 Å². The number of carbonyl (C=O) groups excluding carboxylic acids is 1. The second kappa shape index (κ2) is 10.2. The Balaban J connectivity index is 2.07. The summed E-state index contributed by atoms with van der Waals surface area (Å²) in [5.74, 6) is 0.734. The molecule has 1 aliphatic heterocycles. The lowest BCUT2D eigenvalue weighted by Gasteiger charge is -2.22. The van der Waals surface area contributed by atoms with Gasteiger partial charge in [-0.1, -0.05) is 26.7 Å². The van der Waals surface area contributed by atoms with E-state index in [2.05, 4.69) is 29.4 Å². The molecule has 1 fully saturated rings. The van der Waals surface area contributed by atoms with E-state index in [9.17, 15) is 4.79 Å². The summed E-state index contributed by atoms with van der Waals surface area (Å²) >= 11 is 0. The van der Waals surface area contributed by atoms with Gasteiger partial charge in [0.1, 0.15) is 0 Å². The number of unbranched alkanes of at least 4 members (excludes halogenated alkanes) is 2. The van der Waals surface area contributed by atoms with Crippen LogP contribution in [-0.4, -0.2) is 49.6 Å². The molecule has 0 radical (unpaired) electrons. The minimum atomic E-state index is -0.0855. The van der Waals surface area contributed by atoms with Crippen molar-refractivity contribution in [2.24, 2.45) is 5.92 Å². The van der Waals surface area contributed by atoms with Crippen molar-refractivity contribution in [1.82, 2.24) is 15.5 Å². The van der Waals surface area contributed by atoms with Gasteiger partial charge in [0.25, 0.3) is 0 Å². The van der Waals surface area contributed by atoms with Gasteiger partial charge in [0.15, 0.2) is 0 Å². The summed E-state index contributed by atoms with van der Waals surface area (Å²) in [6.07, 6.45) is 6.15. The smallest absolute Gasteiger partial charge is 0.236 e. The van der Waals surface area contributed by atoms with Gasteiger partial charge in [-0.15, -0.1) is 0 Å². The maximum atomic E-state index is 11.9. The third-order valence-electron chi connectivity index (χ3n) is 4.01. The first kappa shape index (κ1) is 17.4. The minimum Gasteiger partial charge on any atom is -0.355 e. The minimum absolute atomic E-state index is 0.0855. The molecule has 0 aromatic rings. The molecule has 2 atom stereocenters. The lowest BCUT2D eigenvalue weighted by Crippen LogP contribution is -2.44. The first-order chi connectivity index (χ1) is 9.63. The Labute approximate surface area is 124 Å². The lowest BCUT2D eigenvalue weighted by atomic mass is 10.1. The van der Waals surface area contributed by atoms with Crippen LogP contribution in [0.25, 0.3) is 0 Å². The van der Waals surface area contributed by atoms with E-state index in [1.165, 1.54) is 38.8 Å². The highest BCUT2D eigenvalue weighted by Crippen LogP contribution is 2.09. The molecule has 1 aliphatic rings. The number of hydrogen-bond acceptors (Lipinski definition) is 3. The molecule has 0 aliphatic carbocycles. The molecule has 1 saturated heterocycles. The van der Waals surface area contributed by atoms with E-state index >= 15 is 0 Å². The largest absolute Gasteiger partial charge is 0.355 e. The highest BCUT2D eigenvalue weighted by atomic mass is 16.2. The zero-order valence-electron chi connectivity index (χ0n) is 13.6. The summed E-state index contributed by atoms with van der Waals surface area (Å²) < 4.78 is 0. The van der Waals surface area contributed by atoms with Crippen molar-refractivity contribution in [1.29, 1.82) is 0 Å². The number of nitrogens with one attached hydrogen (secondary N) is 2. The van der Waals surface area contributed by atoms with Gasteiger partial charge in [0, 0.05) is 13.1 Å². The van der Waals surface area contributed by atoms with Crippen molar-refractivity contribution in [3.05, 3.63) is 0 Å². The van der Waals surface area contributed by atoms with E-state index in [0.29, 0.717) is 5.92 Å². The number of hydrogen-bond donors (Lipinski definition) is 2. The highest BCUT2D eigenvalue weighted by molar-refractivity contribution is 5.81. The monoisotopic (exact) mass is 283 g/mol. The summed E-state index contributed by atoms with van der Waals surface area (Å²) in [5, 5.41) is 6.36. The molecule has 118 valence electrons. The molecule has 2 N–H and O–H groups in total. The molecular formula is C16H33N3O. The molecule has 0 bridgehead atoms. The molecule has 1 rings (SSSR count). The molecule has 4 heteroatoms. The Morgan fingerprint density at radius 1 is 1.20 bits per heavy atom. The van der Waals surface area contributed by atoms with Gasteiger partial charge in [-0.05, 0) is 51.7 Å². The fraction of sp³-hybridized carbons (Fsp3) is 0.938. The van der Waals surface area contributed by atoms with Crippen LogP contribution in [0.1, 0.15) is 52.9 Å². The number of amides is 1. The third kappa shape index (κ3) is 7.25. The summed E-state index contributed by atoms with van der Waals surface area (Å²) in [6.45, 7) is 11.8. The van der Waals surface area contributed by atoms with Crippen LogP contribution < -0.4 is 10.6 Å². The Kier molecular flexibility index (Phi) is 8.86. The second-order valence-corrected chi connectivity index (χ2v) is 6.24. The molecule has 0 aromatic heterocycles. The van der Waals surface area contributed by atoms with E-state index in [-0.39, 0.29) is 11.9 Å². The van der Waals surface area contributed by atoms with Crippen LogP contribution in [0.2, 0.25) is 0 Å². The van der Waals surface area contributed by atoms with E-state index < -0.39 is 0 Å². The quantitative estimate of drug-likeness (QED) is 0.603.